The van der Waals surface area contributed by atoms with E-state index in [9.17, 15) is 10.1 Å². The van der Waals surface area contributed by atoms with Crippen LogP contribution in [0, 0.1) is 11.3 Å². The molecule has 1 aromatic heterocycles. The number of nitrogens with one attached hydrogen (secondary N) is 1. The number of carbonyl (C=O) groups is 1. The van der Waals surface area contributed by atoms with Gasteiger partial charge in [0.15, 0.2) is 0 Å². The number of hydrogen-bond acceptors (Lipinski definition) is 6. The number of nitrogens with zero attached hydrogens (tertiary/aromatic N) is 2. The zero-order chi connectivity index (χ0) is 19.8. The number of esters is 1. The molecule has 0 saturated carbocycles. The van der Waals surface area contributed by atoms with Crippen molar-refractivity contribution in [3.05, 3.63) is 76.7 Å². The zero-order valence-electron chi connectivity index (χ0n) is 15.4. The predicted octanol–water partition coefficient (Wildman–Crippen LogP) is 5.35. The van der Waals surface area contributed by atoms with Gasteiger partial charge in [0.1, 0.15) is 16.6 Å². The average Bonchev–Trinajstić information content (AvgIpc) is 3.23. The summed E-state index contributed by atoms with van der Waals surface area (Å²) in [7, 11) is 0. The number of rotatable bonds is 7. The average molecular weight is 389 g/mol. The first kappa shape index (κ1) is 19.3. The van der Waals surface area contributed by atoms with Crippen molar-refractivity contribution in [2.75, 3.05) is 11.9 Å². The van der Waals surface area contributed by atoms with Gasteiger partial charge in [-0.1, -0.05) is 37.3 Å². The molecule has 5 nitrogen and oxygen atoms in total. The van der Waals surface area contributed by atoms with E-state index in [4.69, 9.17) is 4.74 Å². The van der Waals surface area contributed by atoms with Gasteiger partial charge in [-0.05, 0) is 30.7 Å². The van der Waals surface area contributed by atoms with E-state index in [2.05, 4.69) is 16.4 Å². The molecule has 6 heteroatoms. The minimum atomic E-state index is -0.335. The second-order valence-electron chi connectivity index (χ2n) is 5.93. The Bertz CT molecular complexity index is 1000. The van der Waals surface area contributed by atoms with Crippen LogP contribution < -0.4 is 5.32 Å². The Balaban J connectivity index is 1.70. The van der Waals surface area contributed by atoms with Gasteiger partial charge < -0.3 is 10.1 Å². The van der Waals surface area contributed by atoms with E-state index < -0.39 is 0 Å². The van der Waals surface area contributed by atoms with E-state index in [0.717, 1.165) is 23.4 Å². The molecule has 3 rings (SSSR count). The van der Waals surface area contributed by atoms with Crippen LogP contribution in [0.2, 0.25) is 0 Å². The SMILES string of the molecule is CCCOC(=O)c1ccc(N/C=C(\C#N)c2nc(-c3ccccc3)cs2)cc1. The van der Waals surface area contributed by atoms with Gasteiger partial charge in [-0.2, -0.15) is 5.26 Å². The summed E-state index contributed by atoms with van der Waals surface area (Å²) in [6.45, 7) is 2.36. The first-order valence-electron chi connectivity index (χ1n) is 8.86. The summed E-state index contributed by atoms with van der Waals surface area (Å²) in [5, 5.41) is 15.2. The normalized spacial score (nSPS) is 10.9. The molecule has 0 fully saturated rings. The molecule has 140 valence electrons. The van der Waals surface area contributed by atoms with Gasteiger partial charge in [-0.3, -0.25) is 0 Å². The number of aromatic nitrogens is 1. The van der Waals surface area contributed by atoms with Crippen LogP contribution in [-0.4, -0.2) is 17.6 Å². The molecular weight excluding hydrogens is 370 g/mol. The lowest BCUT2D eigenvalue weighted by molar-refractivity contribution is 0.0505. The summed E-state index contributed by atoms with van der Waals surface area (Å²) in [4.78, 5) is 16.4. The molecule has 0 aliphatic heterocycles. The van der Waals surface area contributed by atoms with E-state index in [-0.39, 0.29) is 5.97 Å². The largest absolute Gasteiger partial charge is 0.462 e. The van der Waals surface area contributed by atoms with Crippen molar-refractivity contribution in [1.82, 2.24) is 4.98 Å². The van der Waals surface area contributed by atoms with Crippen LogP contribution in [0.4, 0.5) is 5.69 Å². The number of thiazole rings is 1. The summed E-state index contributed by atoms with van der Waals surface area (Å²) < 4.78 is 5.11. The van der Waals surface area contributed by atoms with Crippen LogP contribution >= 0.6 is 11.3 Å². The van der Waals surface area contributed by atoms with Crippen LogP contribution in [0.5, 0.6) is 0 Å². The lowest BCUT2D eigenvalue weighted by atomic mass is 10.2. The van der Waals surface area contributed by atoms with Gasteiger partial charge in [0.2, 0.25) is 0 Å². The van der Waals surface area contributed by atoms with Crippen molar-refractivity contribution in [2.45, 2.75) is 13.3 Å². The van der Waals surface area contributed by atoms with Gasteiger partial charge in [0.25, 0.3) is 0 Å². The van der Waals surface area contributed by atoms with Crippen LogP contribution in [0.3, 0.4) is 0 Å². The molecule has 0 atom stereocenters. The molecule has 0 spiro atoms. The fraction of sp³-hybridized carbons (Fsp3) is 0.136. The molecule has 0 radical (unpaired) electrons. The zero-order valence-corrected chi connectivity index (χ0v) is 16.2. The van der Waals surface area contributed by atoms with Crippen LogP contribution in [0.1, 0.15) is 28.7 Å². The minimum absolute atomic E-state index is 0.335. The summed E-state index contributed by atoms with van der Waals surface area (Å²) in [5.41, 5.74) is 3.56. The molecule has 0 bridgehead atoms. The van der Waals surface area contributed by atoms with Gasteiger partial charge in [0, 0.05) is 22.8 Å². The van der Waals surface area contributed by atoms with Crippen LogP contribution in [0.25, 0.3) is 16.8 Å². The van der Waals surface area contributed by atoms with E-state index in [1.54, 1.807) is 30.5 Å². The van der Waals surface area contributed by atoms with E-state index >= 15 is 0 Å². The predicted molar refractivity (Wildman–Crippen MR) is 112 cm³/mol. The summed E-state index contributed by atoms with van der Waals surface area (Å²) in [6, 6.07) is 18.9. The fourth-order valence-electron chi connectivity index (χ4n) is 2.42. The van der Waals surface area contributed by atoms with Gasteiger partial charge in [-0.15, -0.1) is 11.3 Å². The highest BCUT2D eigenvalue weighted by Gasteiger charge is 2.09. The smallest absolute Gasteiger partial charge is 0.338 e. The van der Waals surface area contributed by atoms with Crippen molar-refractivity contribution >= 4 is 28.6 Å². The Morgan fingerprint density at radius 1 is 1.21 bits per heavy atom. The highest BCUT2D eigenvalue weighted by molar-refractivity contribution is 7.11. The fourth-order valence-corrected chi connectivity index (χ4v) is 3.21. The lowest BCUT2D eigenvalue weighted by Crippen LogP contribution is -2.05. The van der Waals surface area contributed by atoms with E-state index in [0.29, 0.717) is 22.8 Å². The van der Waals surface area contributed by atoms with Crippen molar-refractivity contribution in [1.29, 1.82) is 5.26 Å². The quantitative estimate of drug-likeness (QED) is 0.435. The first-order chi connectivity index (χ1) is 13.7. The third-order valence-electron chi connectivity index (χ3n) is 3.87. The Kier molecular flexibility index (Phi) is 6.55. The number of anilines is 1. The topological polar surface area (TPSA) is 75.0 Å². The standard InChI is InChI=1S/C22H19N3O2S/c1-2-12-27-22(26)17-8-10-19(11-9-17)24-14-18(13-23)21-25-20(15-28-21)16-6-4-3-5-7-16/h3-11,14-15,24H,2,12H2,1H3/b18-14+. The molecular formula is C22H19N3O2S. The minimum Gasteiger partial charge on any atom is -0.462 e. The maximum absolute atomic E-state index is 11.8. The van der Waals surface area contributed by atoms with Crippen LogP contribution in [-0.2, 0) is 4.74 Å². The third-order valence-corrected chi connectivity index (χ3v) is 4.74. The number of ether oxygens (including phenoxy) is 1. The van der Waals surface area contributed by atoms with Crippen molar-refractivity contribution < 1.29 is 9.53 Å². The Morgan fingerprint density at radius 2 is 1.96 bits per heavy atom. The van der Waals surface area contributed by atoms with Gasteiger partial charge >= 0.3 is 5.97 Å². The Labute approximate surface area is 167 Å². The van der Waals surface area contributed by atoms with E-state index in [1.807, 2.05) is 42.6 Å². The molecule has 0 unspecified atom stereocenters. The molecule has 0 aliphatic carbocycles. The summed E-state index contributed by atoms with van der Waals surface area (Å²) in [5.74, 6) is -0.335. The number of hydrogen-bond donors (Lipinski definition) is 1. The Hall–Kier alpha value is -3.43. The molecule has 0 aliphatic rings. The van der Waals surface area contributed by atoms with Crippen molar-refractivity contribution in [2.24, 2.45) is 0 Å². The maximum atomic E-state index is 11.8. The number of benzene rings is 2. The van der Waals surface area contributed by atoms with E-state index in [1.165, 1.54) is 11.3 Å². The summed E-state index contributed by atoms with van der Waals surface area (Å²) >= 11 is 1.42. The Morgan fingerprint density at radius 3 is 2.64 bits per heavy atom. The van der Waals surface area contributed by atoms with Crippen molar-refractivity contribution in [3.8, 4) is 17.3 Å². The molecule has 1 N–H and O–H groups in total. The van der Waals surface area contributed by atoms with Gasteiger partial charge in [0.05, 0.1) is 17.9 Å². The molecule has 3 aromatic rings. The molecule has 0 saturated heterocycles. The molecule has 1 heterocycles. The molecule has 0 amide bonds. The second kappa shape index (κ2) is 9.49. The molecule has 2 aromatic carbocycles. The summed E-state index contributed by atoms with van der Waals surface area (Å²) in [6.07, 6.45) is 2.41. The highest BCUT2D eigenvalue weighted by atomic mass is 32.1. The monoisotopic (exact) mass is 389 g/mol. The second-order valence-corrected chi connectivity index (χ2v) is 6.79. The number of carbonyl (C=O) groups excluding carboxylic acids is 1. The third kappa shape index (κ3) is 4.84. The van der Waals surface area contributed by atoms with Crippen molar-refractivity contribution in [3.63, 3.8) is 0 Å². The highest BCUT2D eigenvalue weighted by Crippen LogP contribution is 2.26. The lowest BCUT2D eigenvalue weighted by Gasteiger charge is -2.05. The number of allylic oxidation sites excluding steroid dienone is 1. The maximum Gasteiger partial charge on any atom is 0.338 e. The first-order valence-corrected chi connectivity index (χ1v) is 9.74. The van der Waals surface area contributed by atoms with Gasteiger partial charge in [-0.25, -0.2) is 9.78 Å². The molecule has 28 heavy (non-hydrogen) atoms. The number of nitriles is 1. The van der Waals surface area contributed by atoms with Crippen LogP contribution in [0.15, 0.2) is 66.2 Å².